The van der Waals surface area contributed by atoms with Gasteiger partial charge in [-0.15, -0.1) is 0 Å². The normalized spacial score (nSPS) is 9.53. The maximum Gasteiger partial charge on any atom is 0.325 e. The Morgan fingerprint density at radius 3 is 2.59 bits per heavy atom. The number of hydrogen-bond acceptors (Lipinski definition) is 5. The molecule has 3 N–H and O–H groups in total. The van der Waals surface area contributed by atoms with E-state index >= 15 is 0 Å². The van der Waals surface area contributed by atoms with Gasteiger partial charge in [0.15, 0.2) is 0 Å². The van der Waals surface area contributed by atoms with Gasteiger partial charge in [-0.25, -0.2) is 0 Å². The van der Waals surface area contributed by atoms with E-state index in [9.17, 15) is 9.59 Å². The number of amides is 1. The molecular weight excluding hydrogens is 224 g/mol. The summed E-state index contributed by atoms with van der Waals surface area (Å²) in [6.45, 7) is -0.194. The zero-order valence-electron chi connectivity index (χ0n) is 9.65. The molecule has 0 aliphatic carbocycles. The van der Waals surface area contributed by atoms with Crippen LogP contribution in [0.4, 0.5) is 5.69 Å². The van der Waals surface area contributed by atoms with Gasteiger partial charge in [-0.3, -0.25) is 9.59 Å². The number of anilines is 1. The summed E-state index contributed by atoms with van der Waals surface area (Å²) < 4.78 is 9.36. The predicted octanol–water partition coefficient (Wildman–Crippen LogP) is 0.180. The van der Waals surface area contributed by atoms with Crippen LogP contribution in [0, 0.1) is 0 Å². The van der Waals surface area contributed by atoms with Crippen LogP contribution in [-0.2, 0) is 9.53 Å². The molecule has 0 atom stereocenters. The van der Waals surface area contributed by atoms with Crippen LogP contribution in [0.15, 0.2) is 18.2 Å². The van der Waals surface area contributed by atoms with E-state index in [0.29, 0.717) is 5.75 Å². The molecule has 1 rings (SSSR count). The van der Waals surface area contributed by atoms with E-state index in [2.05, 4.69) is 10.1 Å². The maximum atomic E-state index is 11.6. The first-order chi connectivity index (χ1) is 8.08. The summed E-state index contributed by atoms with van der Waals surface area (Å²) in [7, 11) is 2.75. The number of hydrogen-bond donors (Lipinski definition) is 2. The Kier molecular flexibility index (Phi) is 4.33. The minimum atomic E-state index is -0.523. The van der Waals surface area contributed by atoms with E-state index < -0.39 is 11.9 Å². The lowest BCUT2D eigenvalue weighted by Crippen LogP contribution is -2.30. The van der Waals surface area contributed by atoms with Crippen molar-refractivity contribution in [2.24, 2.45) is 0 Å². The third-order valence-electron chi connectivity index (χ3n) is 2.12. The summed E-state index contributed by atoms with van der Waals surface area (Å²) in [5.74, 6) is -0.395. The second-order valence-corrected chi connectivity index (χ2v) is 3.21. The Hall–Kier alpha value is -2.24. The summed E-state index contributed by atoms with van der Waals surface area (Å²) in [5, 5.41) is 2.39. The predicted molar refractivity (Wildman–Crippen MR) is 61.8 cm³/mol. The number of carbonyl (C=O) groups is 2. The fraction of sp³-hybridized carbons (Fsp3) is 0.273. The van der Waals surface area contributed by atoms with E-state index in [1.54, 1.807) is 6.07 Å². The van der Waals surface area contributed by atoms with E-state index in [-0.39, 0.29) is 17.8 Å². The minimum absolute atomic E-state index is 0.194. The average Bonchev–Trinajstić information content (AvgIpc) is 2.35. The molecule has 6 heteroatoms. The van der Waals surface area contributed by atoms with Gasteiger partial charge < -0.3 is 20.5 Å². The number of nitrogens with one attached hydrogen (secondary N) is 1. The van der Waals surface area contributed by atoms with Gasteiger partial charge in [-0.2, -0.15) is 0 Å². The first kappa shape index (κ1) is 12.8. The Morgan fingerprint density at radius 2 is 2.06 bits per heavy atom. The number of nitrogens with two attached hydrogens (primary N) is 1. The van der Waals surface area contributed by atoms with Crippen LogP contribution in [0.1, 0.15) is 10.4 Å². The number of nitrogen functional groups attached to an aromatic ring is 1. The summed E-state index contributed by atoms with van der Waals surface area (Å²) in [4.78, 5) is 22.5. The minimum Gasteiger partial charge on any atom is -0.497 e. The highest BCUT2D eigenvalue weighted by molar-refractivity contribution is 6.00. The molecule has 0 saturated carbocycles. The van der Waals surface area contributed by atoms with Gasteiger partial charge in [0.05, 0.1) is 19.8 Å². The van der Waals surface area contributed by atoms with Crippen molar-refractivity contribution >= 4 is 17.6 Å². The topological polar surface area (TPSA) is 90.6 Å². The number of methoxy groups -OCH3 is 2. The fourth-order valence-corrected chi connectivity index (χ4v) is 1.19. The van der Waals surface area contributed by atoms with Crippen molar-refractivity contribution in [3.8, 4) is 5.75 Å². The van der Waals surface area contributed by atoms with Crippen LogP contribution in [0.25, 0.3) is 0 Å². The van der Waals surface area contributed by atoms with Crippen LogP contribution in [0.5, 0.6) is 5.75 Å². The molecule has 0 heterocycles. The molecule has 6 nitrogen and oxygen atoms in total. The van der Waals surface area contributed by atoms with Crippen LogP contribution in [0.2, 0.25) is 0 Å². The van der Waals surface area contributed by atoms with Crippen molar-refractivity contribution < 1.29 is 19.1 Å². The Bertz CT molecular complexity index is 431. The molecular formula is C11H14N2O4. The summed E-state index contributed by atoms with van der Waals surface area (Å²) in [6.07, 6.45) is 0. The van der Waals surface area contributed by atoms with Crippen molar-refractivity contribution in [3.05, 3.63) is 23.8 Å². The van der Waals surface area contributed by atoms with Crippen molar-refractivity contribution in [2.75, 3.05) is 26.5 Å². The smallest absolute Gasteiger partial charge is 0.325 e. The first-order valence-corrected chi connectivity index (χ1v) is 4.87. The van der Waals surface area contributed by atoms with Crippen molar-refractivity contribution in [3.63, 3.8) is 0 Å². The van der Waals surface area contributed by atoms with Gasteiger partial charge in [0, 0.05) is 11.8 Å². The monoisotopic (exact) mass is 238 g/mol. The lowest BCUT2D eigenvalue weighted by molar-refractivity contribution is -0.139. The quantitative estimate of drug-likeness (QED) is 0.576. The van der Waals surface area contributed by atoms with Gasteiger partial charge in [0.2, 0.25) is 0 Å². The van der Waals surface area contributed by atoms with E-state index in [1.807, 2.05) is 0 Å². The van der Waals surface area contributed by atoms with E-state index in [4.69, 9.17) is 10.5 Å². The van der Waals surface area contributed by atoms with Gasteiger partial charge in [0.25, 0.3) is 5.91 Å². The second-order valence-electron chi connectivity index (χ2n) is 3.21. The Morgan fingerprint density at radius 1 is 1.35 bits per heavy atom. The summed E-state index contributed by atoms with van der Waals surface area (Å²) in [5.41, 5.74) is 6.25. The van der Waals surface area contributed by atoms with Gasteiger partial charge in [-0.05, 0) is 12.1 Å². The first-order valence-electron chi connectivity index (χ1n) is 4.87. The summed E-state index contributed by atoms with van der Waals surface area (Å²) in [6, 6.07) is 4.68. The fourth-order valence-electron chi connectivity index (χ4n) is 1.19. The number of ether oxygens (including phenoxy) is 2. The number of esters is 1. The SMILES string of the molecule is COC(=O)CNC(=O)c1ccc(OC)cc1N. The van der Waals surface area contributed by atoms with Gasteiger partial charge in [-0.1, -0.05) is 0 Å². The molecule has 1 aromatic rings. The van der Waals surface area contributed by atoms with Crippen LogP contribution in [-0.4, -0.2) is 32.6 Å². The standard InChI is InChI=1S/C11H14N2O4/c1-16-7-3-4-8(9(12)5-7)11(15)13-6-10(14)17-2/h3-5H,6,12H2,1-2H3,(H,13,15). The van der Waals surface area contributed by atoms with Crippen molar-refractivity contribution in [1.29, 1.82) is 0 Å². The lowest BCUT2D eigenvalue weighted by Gasteiger charge is -2.08. The molecule has 92 valence electrons. The largest absolute Gasteiger partial charge is 0.497 e. The highest BCUT2D eigenvalue weighted by Gasteiger charge is 2.11. The van der Waals surface area contributed by atoms with Gasteiger partial charge in [0.1, 0.15) is 12.3 Å². The molecule has 0 aliphatic heterocycles. The zero-order valence-corrected chi connectivity index (χ0v) is 9.65. The third kappa shape index (κ3) is 3.37. The van der Waals surface area contributed by atoms with Crippen molar-refractivity contribution in [1.82, 2.24) is 5.32 Å². The highest BCUT2D eigenvalue weighted by atomic mass is 16.5. The Labute approximate surface area is 98.7 Å². The summed E-state index contributed by atoms with van der Waals surface area (Å²) >= 11 is 0. The van der Waals surface area contributed by atoms with E-state index in [0.717, 1.165) is 0 Å². The molecule has 0 radical (unpaired) electrons. The van der Waals surface area contributed by atoms with E-state index in [1.165, 1.54) is 26.4 Å². The Balaban J connectivity index is 2.72. The molecule has 0 fully saturated rings. The maximum absolute atomic E-state index is 11.6. The van der Waals surface area contributed by atoms with Crippen LogP contribution in [0.3, 0.4) is 0 Å². The second kappa shape index (κ2) is 5.74. The molecule has 1 aromatic carbocycles. The average molecular weight is 238 g/mol. The molecule has 1 amide bonds. The van der Waals surface area contributed by atoms with Crippen molar-refractivity contribution in [2.45, 2.75) is 0 Å². The molecule has 0 aromatic heterocycles. The zero-order chi connectivity index (χ0) is 12.8. The lowest BCUT2D eigenvalue weighted by atomic mass is 10.1. The molecule has 0 spiro atoms. The number of benzene rings is 1. The third-order valence-corrected chi connectivity index (χ3v) is 2.12. The molecule has 17 heavy (non-hydrogen) atoms. The molecule has 0 unspecified atom stereocenters. The van der Waals surface area contributed by atoms with Crippen LogP contribution >= 0.6 is 0 Å². The number of rotatable bonds is 4. The van der Waals surface area contributed by atoms with Gasteiger partial charge >= 0.3 is 5.97 Å². The highest BCUT2D eigenvalue weighted by Crippen LogP contribution is 2.19. The molecule has 0 bridgehead atoms. The molecule has 0 aliphatic rings. The van der Waals surface area contributed by atoms with Crippen LogP contribution < -0.4 is 15.8 Å². The number of carbonyl (C=O) groups excluding carboxylic acids is 2. The molecule has 0 saturated heterocycles.